The van der Waals surface area contributed by atoms with Gasteiger partial charge >= 0.3 is 0 Å². The minimum Gasteiger partial charge on any atom is -0.311 e. The number of thiophene rings is 1. The van der Waals surface area contributed by atoms with E-state index in [0.29, 0.717) is 0 Å². The maximum Gasteiger partial charge on any atom is 0.0300 e. The lowest BCUT2D eigenvalue weighted by Gasteiger charge is -2.35. The highest BCUT2D eigenvalue weighted by atomic mass is 32.1. The second kappa shape index (κ2) is 8.13. The van der Waals surface area contributed by atoms with Gasteiger partial charge in [-0.1, -0.05) is 13.8 Å². The highest BCUT2D eigenvalue weighted by molar-refractivity contribution is 7.11. The number of hydrogen-bond donors (Lipinski definition) is 1. The Kier molecular flexibility index (Phi) is 6.49. The van der Waals surface area contributed by atoms with Crippen LogP contribution in [0.5, 0.6) is 0 Å². The van der Waals surface area contributed by atoms with Gasteiger partial charge in [0.25, 0.3) is 0 Å². The second-order valence-electron chi connectivity index (χ2n) is 6.23. The van der Waals surface area contributed by atoms with Crippen LogP contribution in [0.2, 0.25) is 0 Å². The molecular weight excluding hydrogens is 266 g/mol. The van der Waals surface area contributed by atoms with Crippen LogP contribution < -0.4 is 5.32 Å². The zero-order valence-corrected chi connectivity index (χ0v) is 14.0. The van der Waals surface area contributed by atoms with Gasteiger partial charge in [-0.2, -0.15) is 0 Å². The molecule has 1 aromatic heterocycles. The Balaban J connectivity index is 1.55. The van der Waals surface area contributed by atoms with Crippen LogP contribution in [0.25, 0.3) is 0 Å². The first-order valence-corrected chi connectivity index (χ1v) is 8.66. The van der Waals surface area contributed by atoms with Gasteiger partial charge in [0, 0.05) is 62.1 Å². The summed E-state index contributed by atoms with van der Waals surface area (Å²) >= 11 is 1.90. The maximum absolute atomic E-state index is 3.56. The standard InChI is InChI=1S/C16H29N3S/c1-14(2)13-19-10-8-18(9-11-19)7-6-17-12-16-5-4-15(3)20-16/h4-5,14,17H,6-13H2,1-3H3. The summed E-state index contributed by atoms with van der Waals surface area (Å²) in [6.45, 7) is 16.3. The van der Waals surface area contributed by atoms with E-state index in [9.17, 15) is 0 Å². The minimum atomic E-state index is 0.789. The van der Waals surface area contributed by atoms with Gasteiger partial charge in [0.2, 0.25) is 0 Å². The van der Waals surface area contributed by atoms with Crippen molar-refractivity contribution in [3.05, 3.63) is 21.9 Å². The first-order valence-electron chi connectivity index (χ1n) is 7.84. The van der Waals surface area contributed by atoms with E-state index in [1.165, 1.54) is 49.0 Å². The highest BCUT2D eigenvalue weighted by Gasteiger charge is 2.16. The molecule has 0 unspecified atom stereocenters. The minimum absolute atomic E-state index is 0.789. The molecule has 0 saturated carbocycles. The van der Waals surface area contributed by atoms with Crippen molar-refractivity contribution in [2.45, 2.75) is 27.3 Å². The molecule has 0 aromatic carbocycles. The summed E-state index contributed by atoms with van der Waals surface area (Å²) in [5, 5.41) is 3.56. The number of hydrogen-bond acceptors (Lipinski definition) is 4. The molecule has 1 aliphatic heterocycles. The van der Waals surface area contributed by atoms with Gasteiger partial charge in [0.15, 0.2) is 0 Å². The van der Waals surface area contributed by atoms with E-state index in [1.807, 2.05) is 11.3 Å². The van der Waals surface area contributed by atoms with Crippen molar-refractivity contribution in [1.29, 1.82) is 0 Å². The lowest BCUT2D eigenvalue weighted by molar-refractivity contribution is 0.123. The van der Waals surface area contributed by atoms with E-state index in [1.54, 1.807) is 0 Å². The van der Waals surface area contributed by atoms with Crippen molar-refractivity contribution in [2.75, 3.05) is 45.8 Å². The number of nitrogens with zero attached hydrogens (tertiary/aromatic N) is 2. The Bertz CT molecular complexity index is 381. The average molecular weight is 295 g/mol. The summed E-state index contributed by atoms with van der Waals surface area (Å²) in [5.41, 5.74) is 0. The quantitative estimate of drug-likeness (QED) is 0.780. The number of piperazine rings is 1. The van der Waals surface area contributed by atoms with E-state index in [0.717, 1.165) is 19.0 Å². The Labute approximate surface area is 128 Å². The third-order valence-electron chi connectivity index (χ3n) is 3.79. The molecule has 0 amide bonds. The smallest absolute Gasteiger partial charge is 0.0300 e. The van der Waals surface area contributed by atoms with Crippen LogP contribution in [-0.2, 0) is 6.54 Å². The fourth-order valence-electron chi connectivity index (χ4n) is 2.74. The van der Waals surface area contributed by atoms with Crippen molar-refractivity contribution < 1.29 is 0 Å². The van der Waals surface area contributed by atoms with Gasteiger partial charge < -0.3 is 10.2 Å². The van der Waals surface area contributed by atoms with Crippen LogP contribution in [0.4, 0.5) is 0 Å². The highest BCUT2D eigenvalue weighted by Crippen LogP contribution is 2.14. The van der Waals surface area contributed by atoms with Gasteiger partial charge in [0.1, 0.15) is 0 Å². The Morgan fingerprint density at radius 2 is 1.85 bits per heavy atom. The molecule has 0 spiro atoms. The molecule has 2 rings (SSSR count). The van der Waals surface area contributed by atoms with Crippen LogP contribution in [0.15, 0.2) is 12.1 Å². The summed E-state index contributed by atoms with van der Waals surface area (Å²) in [4.78, 5) is 8.04. The Morgan fingerprint density at radius 1 is 1.15 bits per heavy atom. The fraction of sp³-hybridized carbons (Fsp3) is 0.750. The third kappa shape index (κ3) is 5.52. The third-order valence-corrected chi connectivity index (χ3v) is 4.79. The lowest BCUT2D eigenvalue weighted by atomic mass is 10.2. The van der Waals surface area contributed by atoms with Crippen molar-refractivity contribution in [2.24, 2.45) is 5.92 Å². The summed E-state index contributed by atoms with van der Waals surface area (Å²) in [6, 6.07) is 4.44. The molecule has 0 aliphatic carbocycles. The topological polar surface area (TPSA) is 18.5 Å². The molecule has 3 nitrogen and oxygen atoms in total. The fourth-order valence-corrected chi connectivity index (χ4v) is 3.60. The molecule has 1 fully saturated rings. The summed E-state index contributed by atoms with van der Waals surface area (Å²) in [6.07, 6.45) is 0. The van der Waals surface area contributed by atoms with Crippen LogP contribution in [-0.4, -0.2) is 55.6 Å². The van der Waals surface area contributed by atoms with Crippen LogP contribution in [0.3, 0.4) is 0 Å². The molecule has 4 heteroatoms. The van der Waals surface area contributed by atoms with Crippen molar-refractivity contribution >= 4 is 11.3 Å². The summed E-state index contributed by atoms with van der Waals surface area (Å²) in [5.74, 6) is 0.789. The van der Waals surface area contributed by atoms with Crippen molar-refractivity contribution in [3.8, 4) is 0 Å². The maximum atomic E-state index is 3.56. The molecule has 0 radical (unpaired) electrons. The second-order valence-corrected chi connectivity index (χ2v) is 7.60. The first-order chi connectivity index (χ1) is 9.63. The molecule has 2 heterocycles. The number of nitrogens with one attached hydrogen (secondary N) is 1. The van der Waals surface area contributed by atoms with Crippen LogP contribution in [0.1, 0.15) is 23.6 Å². The van der Waals surface area contributed by atoms with Gasteiger partial charge in [-0.3, -0.25) is 4.90 Å². The van der Waals surface area contributed by atoms with Crippen molar-refractivity contribution in [3.63, 3.8) is 0 Å². The monoisotopic (exact) mass is 295 g/mol. The first kappa shape index (κ1) is 16.0. The van der Waals surface area contributed by atoms with Crippen molar-refractivity contribution in [1.82, 2.24) is 15.1 Å². The van der Waals surface area contributed by atoms with E-state index in [-0.39, 0.29) is 0 Å². The van der Waals surface area contributed by atoms with Gasteiger partial charge in [-0.25, -0.2) is 0 Å². The summed E-state index contributed by atoms with van der Waals surface area (Å²) in [7, 11) is 0. The molecule has 1 aromatic rings. The predicted molar refractivity (Wildman–Crippen MR) is 88.5 cm³/mol. The molecule has 0 atom stereocenters. The predicted octanol–water partition coefficient (Wildman–Crippen LogP) is 2.42. The van der Waals surface area contributed by atoms with Gasteiger partial charge in [0.05, 0.1) is 0 Å². The molecular formula is C16H29N3S. The zero-order chi connectivity index (χ0) is 14.4. The van der Waals surface area contributed by atoms with E-state index in [2.05, 4.69) is 48.0 Å². The lowest BCUT2D eigenvalue weighted by Crippen LogP contribution is -2.48. The molecule has 1 aliphatic rings. The molecule has 0 bridgehead atoms. The molecule has 1 saturated heterocycles. The number of rotatable bonds is 7. The largest absolute Gasteiger partial charge is 0.311 e. The molecule has 20 heavy (non-hydrogen) atoms. The average Bonchev–Trinajstić information content (AvgIpc) is 2.82. The van der Waals surface area contributed by atoms with Gasteiger partial charge in [-0.15, -0.1) is 11.3 Å². The molecule has 1 N–H and O–H groups in total. The van der Waals surface area contributed by atoms with E-state index < -0.39 is 0 Å². The van der Waals surface area contributed by atoms with E-state index >= 15 is 0 Å². The zero-order valence-electron chi connectivity index (χ0n) is 13.2. The van der Waals surface area contributed by atoms with Crippen LogP contribution >= 0.6 is 11.3 Å². The van der Waals surface area contributed by atoms with E-state index in [4.69, 9.17) is 0 Å². The number of aryl methyl sites for hydroxylation is 1. The SMILES string of the molecule is Cc1ccc(CNCCN2CCN(CC(C)C)CC2)s1. The summed E-state index contributed by atoms with van der Waals surface area (Å²) < 4.78 is 0. The normalized spacial score (nSPS) is 18.0. The molecule has 114 valence electrons. The van der Waals surface area contributed by atoms with Crippen LogP contribution in [0, 0.1) is 12.8 Å². The Morgan fingerprint density at radius 3 is 2.45 bits per heavy atom. The Hall–Kier alpha value is -0.420. The van der Waals surface area contributed by atoms with Gasteiger partial charge in [-0.05, 0) is 25.0 Å².